The minimum absolute atomic E-state index is 0.0925. The highest BCUT2D eigenvalue weighted by Crippen LogP contribution is 2.26. The van der Waals surface area contributed by atoms with Crippen molar-refractivity contribution in [3.05, 3.63) is 107 Å². The van der Waals surface area contributed by atoms with E-state index in [1.165, 1.54) is 22.9 Å². The Hall–Kier alpha value is -4.63. The van der Waals surface area contributed by atoms with Crippen LogP contribution in [-0.2, 0) is 11.3 Å². The molecule has 38 heavy (non-hydrogen) atoms. The third kappa shape index (κ3) is 4.83. The van der Waals surface area contributed by atoms with Crippen LogP contribution in [0.15, 0.2) is 84.2 Å². The third-order valence-electron chi connectivity index (χ3n) is 6.53. The molecule has 0 saturated heterocycles. The topological polar surface area (TPSA) is 93.8 Å². The van der Waals surface area contributed by atoms with Crippen LogP contribution in [0.5, 0.6) is 0 Å². The number of likely N-dealkylation sites (N-methyl/N-ethyl adjacent to an activating group) is 1. The molecule has 1 amide bonds. The van der Waals surface area contributed by atoms with Crippen molar-refractivity contribution in [2.45, 2.75) is 26.4 Å². The van der Waals surface area contributed by atoms with Gasteiger partial charge in [0.15, 0.2) is 0 Å². The number of nitrogens with zero attached hydrogens (tertiary/aromatic N) is 4. The van der Waals surface area contributed by atoms with Gasteiger partial charge in [0.1, 0.15) is 17.3 Å². The summed E-state index contributed by atoms with van der Waals surface area (Å²) >= 11 is 0. The molecule has 0 bridgehead atoms. The van der Waals surface area contributed by atoms with Crippen LogP contribution in [0.25, 0.3) is 28.0 Å². The number of hydrogen-bond acceptors (Lipinski definition) is 5. The molecule has 0 aliphatic carbocycles. The molecular weight excluding hydrogens is 483 g/mol. The second kappa shape index (κ2) is 10.4. The zero-order valence-electron chi connectivity index (χ0n) is 21.3. The van der Waals surface area contributed by atoms with Gasteiger partial charge in [-0.25, -0.2) is 9.37 Å². The van der Waals surface area contributed by atoms with Crippen molar-refractivity contribution in [2.75, 3.05) is 12.4 Å². The molecule has 5 rings (SSSR count). The van der Waals surface area contributed by atoms with Gasteiger partial charge in [-0.15, -0.1) is 0 Å². The maximum atomic E-state index is 13.8. The first kappa shape index (κ1) is 25.0. The number of pyridine rings is 1. The van der Waals surface area contributed by atoms with Gasteiger partial charge in [-0.2, -0.15) is 0 Å². The van der Waals surface area contributed by atoms with Crippen molar-refractivity contribution in [3.63, 3.8) is 0 Å². The molecule has 0 unspecified atom stereocenters. The fraction of sp³-hybridized carbons (Fsp3) is 0.172. The van der Waals surface area contributed by atoms with E-state index in [2.05, 4.69) is 20.6 Å². The first-order valence-electron chi connectivity index (χ1n) is 12.2. The summed E-state index contributed by atoms with van der Waals surface area (Å²) < 4.78 is 17.3. The van der Waals surface area contributed by atoms with E-state index in [4.69, 9.17) is 0 Å². The smallest absolute Gasteiger partial charge is 0.277 e. The summed E-state index contributed by atoms with van der Waals surface area (Å²) in [5.41, 5.74) is 3.82. The molecule has 0 aliphatic heterocycles. The predicted molar refractivity (Wildman–Crippen MR) is 146 cm³/mol. The number of benzene rings is 2. The number of anilines is 1. The van der Waals surface area contributed by atoms with E-state index >= 15 is 0 Å². The maximum absolute atomic E-state index is 13.8. The number of hydrogen-bond donors (Lipinski definition) is 2. The molecule has 0 aliphatic rings. The van der Waals surface area contributed by atoms with Gasteiger partial charge in [0.2, 0.25) is 5.91 Å². The van der Waals surface area contributed by atoms with Crippen LogP contribution in [0.1, 0.15) is 18.1 Å². The molecule has 3 heterocycles. The second-order valence-corrected chi connectivity index (χ2v) is 9.15. The minimum atomic E-state index is -0.481. The van der Waals surface area contributed by atoms with Crippen molar-refractivity contribution in [1.29, 1.82) is 0 Å². The lowest BCUT2D eigenvalue weighted by atomic mass is 10.2. The molecule has 1 atom stereocenters. The summed E-state index contributed by atoms with van der Waals surface area (Å²) in [5.74, 6) is -0.152. The minimum Gasteiger partial charge on any atom is -0.319 e. The third-order valence-corrected chi connectivity index (χ3v) is 6.53. The van der Waals surface area contributed by atoms with Gasteiger partial charge in [-0.05, 0) is 56.3 Å². The molecular formula is C29H27FN6O2. The van der Waals surface area contributed by atoms with Gasteiger partial charge >= 0.3 is 0 Å². The van der Waals surface area contributed by atoms with E-state index in [-0.39, 0.29) is 29.5 Å². The number of nitrogens with one attached hydrogen (secondary N) is 2. The number of carbonyl (C=O) groups excluding carboxylic acids is 1. The Balaban J connectivity index is 1.57. The Labute approximate surface area is 218 Å². The Morgan fingerprint density at radius 3 is 2.63 bits per heavy atom. The van der Waals surface area contributed by atoms with Crippen LogP contribution < -0.4 is 16.2 Å². The van der Waals surface area contributed by atoms with Gasteiger partial charge in [-0.1, -0.05) is 30.3 Å². The summed E-state index contributed by atoms with van der Waals surface area (Å²) in [6, 6.07) is 15.5. The van der Waals surface area contributed by atoms with Gasteiger partial charge in [0, 0.05) is 23.3 Å². The van der Waals surface area contributed by atoms with Crippen LogP contribution >= 0.6 is 0 Å². The number of fused-ring (bicyclic) bond motifs is 1. The van der Waals surface area contributed by atoms with Crippen LogP contribution in [0.3, 0.4) is 0 Å². The zero-order chi connectivity index (χ0) is 26.8. The van der Waals surface area contributed by atoms with Crippen molar-refractivity contribution in [3.8, 4) is 17.1 Å². The van der Waals surface area contributed by atoms with E-state index in [1.54, 1.807) is 32.4 Å². The highest BCUT2D eigenvalue weighted by atomic mass is 19.1. The number of aromatic nitrogens is 4. The number of halogens is 1. The number of rotatable bonds is 7. The molecule has 5 aromatic rings. The normalized spacial score (nSPS) is 12.0. The maximum Gasteiger partial charge on any atom is 0.277 e. The average molecular weight is 511 g/mol. The summed E-state index contributed by atoms with van der Waals surface area (Å²) in [6.07, 6.45) is 6.75. The number of amides is 1. The first-order valence-corrected chi connectivity index (χ1v) is 12.2. The number of carbonyl (C=O) groups is 1. The zero-order valence-corrected chi connectivity index (χ0v) is 21.3. The lowest BCUT2D eigenvalue weighted by molar-refractivity contribution is -0.117. The lowest BCUT2D eigenvalue weighted by Gasteiger charge is -2.16. The van der Waals surface area contributed by atoms with Crippen molar-refractivity contribution in [2.24, 2.45) is 0 Å². The molecule has 9 heteroatoms. The summed E-state index contributed by atoms with van der Waals surface area (Å²) in [7, 11) is 1.67. The molecule has 2 N–H and O–H groups in total. The molecule has 8 nitrogen and oxygen atoms in total. The van der Waals surface area contributed by atoms with Crippen LogP contribution in [-0.4, -0.2) is 38.1 Å². The number of aryl methyl sites for hydroxylation is 1. The SMILES string of the molecule is CN[C@@H](C)C(=O)Nc1cnc(-c2ccccc2)n(Cc2cncc(-n3cc(C)c4cc(F)ccc43)c2)c1=O. The summed E-state index contributed by atoms with van der Waals surface area (Å²) in [6.45, 7) is 3.81. The molecule has 0 spiro atoms. The molecule has 192 valence electrons. The van der Waals surface area contributed by atoms with Crippen molar-refractivity contribution >= 4 is 22.5 Å². The molecule has 3 aromatic heterocycles. The Morgan fingerprint density at radius 1 is 1.08 bits per heavy atom. The van der Waals surface area contributed by atoms with Crippen molar-refractivity contribution in [1.82, 2.24) is 24.4 Å². The molecule has 0 radical (unpaired) electrons. The van der Waals surface area contributed by atoms with Crippen LogP contribution in [0, 0.1) is 12.7 Å². The fourth-order valence-corrected chi connectivity index (χ4v) is 4.37. The Kier molecular flexibility index (Phi) is 6.85. The van der Waals surface area contributed by atoms with E-state index in [1.807, 2.05) is 54.1 Å². The molecule has 2 aromatic carbocycles. The van der Waals surface area contributed by atoms with E-state index in [0.717, 1.165) is 33.3 Å². The first-order chi connectivity index (χ1) is 18.4. The molecule has 0 saturated carbocycles. The van der Waals surface area contributed by atoms with Gasteiger partial charge in [-0.3, -0.25) is 19.1 Å². The second-order valence-electron chi connectivity index (χ2n) is 9.15. The fourth-order valence-electron chi connectivity index (χ4n) is 4.37. The average Bonchev–Trinajstić information content (AvgIpc) is 3.26. The highest BCUT2D eigenvalue weighted by Gasteiger charge is 2.17. The Morgan fingerprint density at radius 2 is 1.87 bits per heavy atom. The highest BCUT2D eigenvalue weighted by molar-refractivity contribution is 5.94. The Bertz CT molecular complexity index is 1690. The van der Waals surface area contributed by atoms with Gasteiger partial charge in [0.05, 0.1) is 36.2 Å². The van der Waals surface area contributed by atoms with E-state index in [0.29, 0.717) is 5.82 Å². The predicted octanol–water partition coefficient (Wildman–Crippen LogP) is 4.29. The van der Waals surface area contributed by atoms with E-state index in [9.17, 15) is 14.0 Å². The summed E-state index contributed by atoms with van der Waals surface area (Å²) in [5, 5.41) is 6.37. The monoisotopic (exact) mass is 510 g/mol. The van der Waals surface area contributed by atoms with Gasteiger partial charge in [0.25, 0.3) is 5.56 Å². The lowest BCUT2D eigenvalue weighted by Crippen LogP contribution is -2.38. The standard InChI is InChI=1S/C29H27FN6O2/c1-18-16-35(26-10-9-22(30)12-24(18)26)23-11-20(13-32-14-23)17-36-27(21-7-5-4-6-8-21)33-15-25(29(36)38)34-28(37)19(2)31-3/h4-16,19,31H,17H2,1-3H3,(H,34,37)/t19-/m0/s1. The van der Waals surface area contributed by atoms with E-state index < -0.39 is 6.04 Å². The summed E-state index contributed by atoms with van der Waals surface area (Å²) in [4.78, 5) is 35.0. The quantitative estimate of drug-likeness (QED) is 0.341. The van der Waals surface area contributed by atoms with Crippen LogP contribution in [0.2, 0.25) is 0 Å². The van der Waals surface area contributed by atoms with Crippen LogP contribution in [0.4, 0.5) is 10.1 Å². The van der Waals surface area contributed by atoms with Gasteiger partial charge < -0.3 is 15.2 Å². The molecule has 0 fully saturated rings. The largest absolute Gasteiger partial charge is 0.319 e. The van der Waals surface area contributed by atoms with Crippen molar-refractivity contribution < 1.29 is 9.18 Å².